The topological polar surface area (TPSA) is 92.3 Å². The Morgan fingerprint density at radius 2 is 2.03 bits per heavy atom. The van der Waals surface area contributed by atoms with E-state index in [-0.39, 0.29) is 31.7 Å². The van der Waals surface area contributed by atoms with Crippen LogP contribution in [0.4, 0.5) is 9.18 Å². The number of carbonyl (C=O) groups is 2. The Balaban J connectivity index is 1.96. The van der Waals surface area contributed by atoms with Crippen LogP contribution in [0, 0.1) is 5.82 Å². The minimum Gasteiger partial charge on any atom is -0.487 e. The van der Waals surface area contributed by atoms with Crippen LogP contribution in [0.5, 0.6) is 5.75 Å². The van der Waals surface area contributed by atoms with Gasteiger partial charge in [0.05, 0.1) is 18.2 Å². The number of hydrogen-bond acceptors (Lipinski definition) is 7. The molecule has 1 saturated heterocycles. The molecule has 1 unspecified atom stereocenters. The molecule has 0 radical (unpaired) electrons. The third kappa shape index (κ3) is 8.91. The Morgan fingerprint density at radius 1 is 1.28 bits per heavy atom. The van der Waals surface area contributed by atoms with Gasteiger partial charge < -0.3 is 29.0 Å². The first-order valence-electron chi connectivity index (χ1n) is 10.5. The maximum atomic E-state index is 14.7. The van der Waals surface area contributed by atoms with Crippen molar-refractivity contribution < 1.29 is 37.7 Å². The number of esters is 1. The first-order valence-corrected chi connectivity index (χ1v) is 11.3. The molecule has 0 saturated carbocycles. The number of methoxy groups -OCH3 is 1. The molecule has 1 heterocycles. The average Bonchev–Trinajstić information content (AvgIpc) is 2.71. The maximum absolute atomic E-state index is 14.7. The molecule has 2 rings (SSSR count). The Labute approximate surface area is 196 Å². The van der Waals surface area contributed by atoms with Crippen molar-refractivity contribution >= 4 is 28.0 Å². The summed E-state index contributed by atoms with van der Waals surface area (Å²) in [5, 5.41) is 2.47. The summed E-state index contributed by atoms with van der Waals surface area (Å²) in [6.45, 7) is 6.22. The van der Waals surface area contributed by atoms with Gasteiger partial charge in [-0.15, -0.1) is 0 Å². The molecule has 1 amide bonds. The molecule has 0 spiro atoms. The van der Waals surface area contributed by atoms with Crippen LogP contribution in [0.2, 0.25) is 0 Å². The summed E-state index contributed by atoms with van der Waals surface area (Å²) in [5.74, 6) is -1.24. The third-order valence-corrected chi connectivity index (χ3v) is 5.03. The first kappa shape index (κ1) is 26.3. The van der Waals surface area contributed by atoms with E-state index in [4.69, 9.17) is 23.7 Å². The Hall–Kier alpha value is -1.91. The van der Waals surface area contributed by atoms with Crippen LogP contribution in [0.3, 0.4) is 0 Å². The maximum Gasteiger partial charge on any atom is 0.408 e. The molecule has 8 nitrogen and oxygen atoms in total. The number of alkyl carbamates (subject to hydrolysis) is 1. The number of hydrogen-bond donors (Lipinski definition) is 1. The minimum absolute atomic E-state index is 0.00382. The van der Waals surface area contributed by atoms with Crippen molar-refractivity contribution in [2.75, 3.05) is 26.9 Å². The fourth-order valence-electron chi connectivity index (χ4n) is 3.06. The Morgan fingerprint density at radius 3 is 2.62 bits per heavy atom. The monoisotopic (exact) mass is 519 g/mol. The lowest BCUT2D eigenvalue weighted by Gasteiger charge is -2.23. The number of carbonyl (C=O) groups excluding carboxylic acids is 2. The van der Waals surface area contributed by atoms with Crippen LogP contribution in [-0.4, -0.2) is 56.9 Å². The van der Waals surface area contributed by atoms with Gasteiger partial charge in [0, 0.05) is 13.0 Å². The number of rotatable bonds is 9. The highest BCUT2D eigenvalue weighted by atomic mass is 79.9. The SMILES string of the molecule is COC(=O)[C@H](Cc1cc(F)c(OCCOC2CCCCO2)c(Br)c1)NC(=O)OC(C)(C)C. The second-order valence-corrected chi connectivity index (χ2v) is 9.18. The molecule has 180 valence electrons. The number of amides is 1. The summed E-state index contributed by atoms with van der Waals surface area (Å²) in [6, 6.07) is 1.82. The largest absolute Gasteiger partial charge is 0.487 e. The fraction of sp³-hybridized carbons (Fsp3) is 0.636. The van der Waals surface area contributed by atoms with Gasteiger partial charge in [0.15, 0.2) is 17.9 Å². The molecule has 1 aromatic carbocycles. The average molecular weight is 520 g/mol. The van der Waals surface area contributed by atoms with Crippen molar-refractivity contribution in [3.63, 3.8) is 0 Å². The molecule has 10 heteroatoms. The van der Waals surface area contributed by atoms with E-state index >= 15 is 0 Å². The van der Waals surface area contributed by atoms with E-state index < -0.39 is 29.5 Å². The van der Waals surface area contributed by atoms with Gasteiger partial charge >= 0.3 is 12.1 Å². The number of ether oxygens (including phenoxy) is 5. The number of benzene rings is 1. The van der Waals surface area contributed by atoms with Crippen LogP contribution in [0.25, 0.3) is 0 Å². The zero-order valence-corrected chi connectivity index (χ0v) is 20.5. The second-order valence-electron chi connectivity index (χ2n) is 8.33. The summed E-state index contributed by atoms with van der Waals surface area (Å²) >= 11 is 3.30. The summed E-state index contributed by atoms with van der Waals surface area (Å²) < 4.78 is 41.6. The lowest BCUT2D eigenvalue weighted by Crippen LogP contribution is -2.45. The molecule has 0 aliphatic carbocycles. The van der Waals surface area contributed by atoms with E-state index in [2.05, 4.69) is 21.2 Å². The zero-order chi connectivity index (χ0) is 23.7. The highest BCUT2D eigenvalue weighted by Gasteiger charge is 2.26. The van der Waals surface area contributed by atoms with Crippen molar-refractivity contribution in [1.82, 2.24) is 5.32 Å². The van der Waals surface area contributed by atoms with Crippen LogP contribution < -0.4 is 10.1 Å². The predicted molar refractivity (Wildman–Crippen MR) is 118 cm³/mol. The van der Waals surface area contributed by atoms with Gasteiger partial charge in [-0.25, -0.2) is 14.0 Å². The summed E-state index contributed by atoms with van der Waals surface area (Å²) in [7, 11) is 1.21. The molecular weight excluding hydrogens is 489 g/mol. The van der Waals surface area contributed by atoms with Crippen molar-refractivity contribution in [2.24, 2.45) is 0 Å². The van der Waals surface area contributed by atoms with Gasteiger partial charge in [-0.1, -0.05) is 0 Å². The first-order chi connectivity index (χ1) is 15.1. The molecule has 0 aromatic heterocycles. The number of nitrogens with one attached hydrogen (secondary N) is 1. The van der Waals surface area contributed by atoms with Crippen molar-refractivity contribution in [2.45, 2.75) is 64.4 Å². The van der Waals surface area contributed by atoms with E-state index in [1.165, 1.54) is 13.2 Å². The van der Waals surface area contributed by atoms with E-state index in [0.717, 1.165) is 19.3 Å². The van der Waals surface area contributed by atoms with Gasteiger partial charge in [-0.05, 0) is 73.7 Å². The lowest BCUT2D eigenvalue weighted by molar-refractivity contribution is -0.165. The Bertz CT molecular complexity index is 755. The minimum atomic E-state index is -1.04. The van der Waals surface area contributed by atoms with E-state index in [1.807, 2.05) is 0 Å². The fourth-order valence-corrected chi connectivity index (χ4v) is 3.65. The van der Waals surface area contributed by atoms with Gasteiger partial charge in [0.25, 0.3) is 0 Å². The summed E-state index contributed by atoms with van der Waals surface area (Å²) in [4.78, 5) is 24.2. The van der Waals surface area contributed by atoms with E-state index in [9.17, 15) is 14.0 Å². The molecule has 2 atom stereocenters. The van der Waals surface area contributed by atoms with Gasteiger partial charge in [0.2, 0.25) is 0 Å². The molecule has 1 aliphatic heterocycles. The normalized spacial score (nSPS) is 17.4. The van der Waals surface area contributed by atoms with Crippen molar-refractivity contribution in [3.05, 3.63) is 28.0 Å². The third-order valence-electron chi connectivity index (χ3n) is 4.45. The number of halogens is 2. The summed E-state index contributed by atoms with van der Waals surface area (Å²) in [6.07, 6.45) is 1.92. The quantitative estimate of drug-likeness (QED) is 0.387. The molecule has 1 aliphatic rings. The van der Waals surface area contributed by atoms with Gasteiger partial charge in [-0.2, -0.15) is 0 Å². The van der Waals surface area contributed by atoms with Crippen molar-refractivity contribution in [1.29, 1.82) is 0 Å². The van der Waals surface area contributed by atoms with Gasteiger partial charge in [-0.3, -0.25) is 0 Å². The van der Waals surface area contributed by atoms with Crippen LogP contribution in [-0.2, 0) is 30.2 Å². The highest BCUT2D eigenvalue weighted by Crippen LogP contribution is 2.30. The van der Waals surface area contributed by atoms with Crippen molar-refractivity contribution in [3.8, 4) is 5.75 Å². The highest BCUT2D eigenvalue weighted by molar-refractivity contribution is 9.10. The molecule has 1 N–H and O–H groups in total. The molecule has 1 aromatic rings. The zero-order valence-electron chi connectivity index (χ0n) is 18.9. The molecule has 0 bridgehead atoms. The summed E-state index contributed by atoms with van der Waals surface area (Å²) in [5.41, 5.74) is -0.272. The van der Waals surface area contributed by atoms with Gasteiger partial charge in [0.1, 0.15) is 18.2 Å². The second kappa shape index (κ2) is 12.4. The standard InChI is InChI=1S/C22H31BrFNO7/c1-22(2,3)32-21(27)25-17(20(26)28-4)13-14-11-15(23)19(16(24)12-14)31-10-9-30-18-7-5-6-8-29-18/h11-12,17-18H,5-10,13H2,1-4H3,(H,25,27)/t17-,18?/m0/s1. The lowest BCUT2D eigenvalue weighted by atomic mass is 10.1. The predicted octanol–water partition coefficient (Wildman–Crippen LogP) is 4.12. The molecule has 1 fully saturated rings. The molecule has 32 heavy (non-hydrogen) atoms. The van der Waals surface area contributed by atoms with E-state index in [1.54, 1.807) is 26.8 Å². The van der Waals surface area contributed by atoms with Crippen LogP contribution in [0.15, 0.2) is 16.6 Å². The van der Waals surface area contributed by atoms with Crippen LogP contribution >= 0.6 is 15.9 Å². The molecular formula is C22H31BrFNO7. The van der Waals surface area contributed by atoms with Crippen LogP contribution in [0.1, 0.15) is 45.6 Å². The Kier molecular flexibility index (Phi) is 10.2. The smallest absolute Gasteiger partial charge is 0.408 e. The van der Waals surface area contributed by atoms with E-state index in [0.29, 0.717) is 16.6 Å².